The highest BCUT2D eigenvalue weighted by molar-refractivity contribution is 5.94. The van der Waals surface area contributed by atoms with Gasteiger partial charge in [0.25, 0.3) is 5.91 Å². The molecule has 1 aliphatic rings. The molecule has 1 amide bonds. The third-order valence-electron chi connectivity index (χ3n) is 3.11. The highest BCUT2D eigenvalue weighted by atomic mass is 35.5. The van der Waals surface area contributed by atoms with Gasteiger partial charge in [0.1, 0.15) is 5.82 Å². The van der Waals surface area contributed by atoms with Crippen LogP contribution in [0.2, 0.25) is 0 Å². The fourth-order valence-corrected chi connectivity index (χ4v) is 1.95. The van der Waals surface area contributed by atoms with Gasteiger partial charge in [0, 0.05) is 25.2 Å². The van der Waals surface area contributed by atoms with E-state index in [1.807, 2.05) is 0 Å². The van der Waals surface area contributed by atoms with Crippen molar-refractivity contribution in [2.75, 3.05) is 26.2 Å². The van der Waals surface area contributed by atoms with Crippen LogP contribution in [0.5, 0.6) is 0 Å². The summed E-state index contributed by atoms with van der Waals surface area (Å²) < 4.78 is 18.8. The Bertz CT molecular complexity index is 456. The summed E-state index contributed by atoms with van der Waals surface area (Å²) >= 11 is 0. The Balaban J connectivity index is 0.00000180. The maximum absolute atomic E-state index is 13.4. The van der Waals surface area contributed by atoms with Gasteiger partial charge in [0.2, 0.25) is 0 Å². The quantitative estimate of drug-likeness (QED) is 0.894. The van der Waals surface area contributed by atoms with Crippen LogP contribution in [0, 0.1) is 12.7 Å². The van der Waals surface area contributed by atoms with Gasteiger partial charge in [-0.2, -0.15) is 0 Å². The molecule has 0 aromatic heterocycles. The highest BCUT2D eigenvalue weighted by Gasteiger charge is 2.24. The molecule has 2 N–H and O–H groups in total. The Labute approximate surface area is 118 Å². The molecule has 0 bridgehead atoms. The third kappa shape index (κ3) is 3.65. The Morgan fingerprint density at radius 1 is 1.58 bits per heavy atom. The van der Waals surface area contributed by atoms with E-state index in [0.717, 1.165) is 0 Å². The minimum Gasteiger partial charge on any atom is -0.373 e. The van der Waals surface area contributed by atoms with Gasteiger partial charge in [-0.15, -0.1) is 12.4 Å². The van der Waals surface area contributed by atoms with Gasteiger partial charge in [0.05, 0.1) is 12.7 Å². The smallest absolute Gasteiger partial charge is 0.254 e. The van der Waals surface area contributed by atoms with E-state index >= 15 is 0 Å². The lowest BCUT2D eigenvalue weighted by Crippen LogP contribution is -2.48. The van der Waals surface area contributed by atoms with Crippen LogP contribution in [0.1, 0.15) is 15.9 Å². The number of hydrogen-bond donors (Lipinski definition) is 1. The van der Waals surface area contributed by atoms with Crippen molar-refractivity contribution in [3.05, 3.63) is 35.1 Å². The zero-order valence-corrected chi connectivity index (χ0v) is 11.6. The average Bonchev–Trinajstić information content (AvgIpc) is 2.41. The molecule has 6 heteroatoms. The first-order valence-electron chi connectivity index (χ1n) is 5.99. The summed E-state index contributed by atoms with van der Waals surface area (Å²) in [4.78, 5) is 13.8. The van der Waals surface area contributed by atoms with Crippen molar-refractivity contribution in [2.24, 2.45) is 5.73 Å². The van der Waals surface area contributed by atoms with Crippen LogP contribution in [0.15, 0.2) is 18.2 Å². The van der Waals surface area contributed by atoms with Crippen molar-refractivity contribution in [1.82, 2.24) is 4.90 Å². The molecule has 0 aliphatic carbocycles. The van der Waals surface area contributed by atoms with Gasteiger partial charge < -0.3 is 15.4 Å². The minimum absolute atomic E-state index is 0. The lowest BCUT2D eigenvalue weighted by atomic mass is 10.1. The number of carbonyl (C=O) groups is 1. The Hall–Kier alpha value is -1.17. The summed E-state index contributed by atoms with van der Waals surface area (Å²) in [5.41, 5.74) is 6.43. The number of halogens is 2. The molecular formula is C13H18ClFN2O2. The van der Waals surface area contributed by atoms with E-state index in [2.05, 4.69) is 0 Å². The molecule has 1 heterocycles. The first-order chi connectivity index (χ1) is 8.61. The van der Waals surface area contributed by atoms with Crippen LogP contribution in [0.25, 0.3) is 0 Å². The Morgan fingerprint density at radius 2 is 2.32 bits per heavy atom. The molecule has 0 saturated carbocycles. The van der Waals surface area contributed by atoms with Crippen molar-refractivity contribution in [3.63, 3.8) is 0 Å². The number of aryl methyl sites for hydroxylation is 1. The molecule has 1 fully saturated rings. The molecule has 1 aromatic rings. The second-order valence-corrected chi connectivity index (χ2v) is 4.44. The van der Waals surface area contributed by atoms with Crippen molar-refractivity contribution in [2.45, 2.75) is 13.0 Å². The van der Waals surface area contributed by atoms with Crippen LogP contribution < -0.4 is 5.73 Å². The van der Waals surface area contributed by atoms with Gasteiger partial charge in [-0.25, -0.2) is 4.39 Å². The Kier molecular flexibility index (Phi) is 5.72. The molecule has 0 spiro atoms. The minimum atomic E-state index is -0.357. The number of carbonyl (C=O) groups excluding carboxylic acids is 1. The van der Waals surface area contributed by atoms with E-state index in [-0.39, 0.29) is 30.2 Å². The first-order valence-corrected chi connectivity index (χ1v) is 5.99. The molecular weight excluding hydrogens is 271 g/mol. The molecule has 1 saturated heterocycles. The summed E-state index contributed by atoms with van der Waals surface area (Å²) in [6, 6.07) is 4.54. The molecule has 4 nitrogen and oxygen atoms in total. The summed E-state index contributed by atoms with van der Waals surface area (Å²) in [7, 11) is 0. The molecule has 1 aliphatic heterocycles. The number of ether oxygens (including phenoxy) is 1. The van der Waals surface area contributed by atoms with Gasteiger partial charge in [-0.05, 0) is 24.6 Å². The molecule has 1 atom stereocenters. The fraction of sp³-hybridized carbons (Fsp3) is 0.462. The number of hydrogen-bond acceptors (Lipinski definition) is 3. The number of rotatable bonds is 2. The van der Waals surface area contributed by atoms with Crippen LogP contribution >= 0.6 is 12.4 Å². The largest absolute Gasteiger partial charge is 0.373 e. The van der Waals surface area contributed by atoms with Gasteiger partial charge in [-0.3, -0.25) is 4.79 Å². The summed E-state index contributed by atoms with van der Waals surface area (Å²) in [5, 5.41) is 0. The van der Waals surface area contributed by atoms with Crippen molar-refractivity contribution < 1.29 is 13.9 Å². The van der Waals surface area contributed by atoms with Gasteiger partial charge in [-0.1, -0.05) is 6.07 Å². The monoisotopic (exact) mass is 288 g/mol. The van der Waals surface area contributed by atoms with Crippen LogP contribution in [0.3, 0.4) is 0 Å². The normalized spacial score (nSPS) is 18.9. The fourth-order valence-electron chi connectivity index (χ4n) is 1.95. The number of nitrogens with two attached hydrogens (primary N) is 1. The lowest BCUT2D eigenvalue weighted by molar-refractivity contribution is -0.0167. The standard InChI is InChI=1S/C13H17FN2O2.ClH/c1-9-2-3-10(6-12(9)14)13(17)16-4-5-18-11(7-15)8-16;/h2-3,6,11H,4-5,7-8,15H2,1H3;1H. The van der Waals surface area contributed by atoms with E-state index in [0.29, 0.717) is 37.4 Å². The number of nitrogens with zero attached hydrogens (tertiary/aromatic N) is 1. The van der Waals surface area contributed by atoms with Crippen LogP contribution in [0.4, 0.5) is 4.39 Å². The lowest BCUT2D eigenvalue weighted by Gasteiger charge is -2.32. The van der Waals surface area contributed by atoms with E-state index < -0.39 is 0 Å². The highest BCUT2D eigenvalue weighted by Crippen LogP contribution is 2.13. The predicted molar refractivity (Wildman–Crippen MR) is 73.1 cm³/mol. The first kappa shape index (κ1) is 15.9. The topological polar surface area (TPSA) is 55.6 Å². The molecule has 0 radical (unpaired) electrons. The maximum Gasteiger partial charge on any atom is 0.254 e. The van der Waals surface area contributed by atoms with Gasteiger partial charge in [0.15, 0.2) is 0 Å². The second-order valence-electron chi connectivity index (χ2n) is 4.44. The van der Waals surface area contributed by atoms with Crippen molar-refractivity contribution in [1.29, 1.82) is 0 Å². The van der Waals surface area contributed by atoms with E-state index in [4.69, 9.17) is 10.5 Å². The summed E-state index contributed by atoms with van der Waals surface area (Å²) in [6.07, 6.45) is -0.127. The molecule has 106 valence electrons. The van der Waals surface area contributed by atoms with Crippen LogP contribution in [-0.2, 0) is 4.74 Å². The summed E-state index contributed by atoms with van der Waals surface area (Å²) in [5.74, 6) is -0.528. The third-order valence-corrected chi connectivity index (χ3v) is 3.11. The van der Waals surface area contributed by atoms with E-state index in [9.17, 15) is 9.18 Å². The van der Waals surface area contributed by atoms with Gasteiger partial charge >= 0.3 is 0 Å². The van der Waals surface area contributed by atoms with E-state index in [1.54, 1.807) is 24.0 Å². The Morgan fingerprint density at radius 3 is 2.95 bits per heavy atom. The summed E-state index contributed by atoms with van der Waals surface area (Å²) in [6.45, 7) is 3.51. The van der Waals surface area contributed by atoms with Crippen molar-refractivity contribution >= 4 is 18.3 Å². The predicted octanol–water partition coefficient (Wildman–Crippen LogP) is 1.36. The number of morpholine rings is 1. The van der Waals surface area contributed by atoms with Crippen molar-refractivity contribution in [3.8, 4) is 0 Å². The van der Waals surface area contributed by atoms with Crippen LogP contribution in [-0.4, -0.2) is 43.2 Å². The average molecular weight is 289 g/mol. The maximum atomic E-state index is 13.4. The molecule has 1 aromatic carbocycles. The zero-order valence-electron chi connectivity index (χ0n) is 10.8. The van der Waals surface area contributed by atoms with E-state index in [1.165, 1.54) is 6.07 Å². The number of benzene rings is 1. The molecule has 2 rings (SSSR count). The molecule has 1 unspecified atom stereocenters. The second kappa shape index (κ2) is 6.84. The molecule has 19 heavy (non-hydrogen) atoms. The zero-order chi connectivity index (χ0) is 13.1. The number of amides is 1. The SMILES string of the molecule is Cc1ccc(C(=O)N2CCOC(CN)C2)cc1F.Cl.